The van der Waals surface area contributed by atoms with Crippen molar-refractivity contribution in [1.82, 2.24) is 15.1 Å². The molecule has 0 aliphatic carbocycles. The fourth-order valence-electron chi connectivity index (χ4n) is 2.96. The Morgan fingerprint density at radius 2 is 2.07 bits per heavy atom. The van der Waals surface area contributed by atoms with Crippen molar-refractivity contribution in [3.8, 4) is 5.75 Å². The lowest BCUT2D eigenvalue weighted by molar-refractivity contribution is -0.157. The molecule has 1 aromatic carbocycles. The van der Waals surface area contributed by atoms with Gasteiger partial charge in [-0.2, -0.15) is 13.2 Å². The second-order valence-corrected chi connectivity index (χ2v) is 6.27. The first kappa shape index (κ1) is 19.2. The van der Waals surface area contributed by atoms with Crippen molar-refractivity contribution < 1.29 is 27.1 Å². The molecule has 1 amide bonds. The molecule has 1 fully saturated rings. The molecule has 146 valence electrons. The molecule has 1 N–H and O–H groups in total. The number of amides is 1. The summed E-state index contributed by atoms with van der Waals surface area (Å²) in [6.45, 7) is 1.31. The van der Waals surface area contributed by atoms with E-state index >= 15 is 0 Å². The highest BCUT2D eigenvalue weighted by molar-refractivity contribution is 5.92. The molecule has 0 atom stereocenters. The van der Waals surface area contributed by atoms with E-state index in [-0.39, 0.29) is 24.3 Å². The topological polar surface area (TPSA) is 80.5 Å². The van der Waals surface area contributed by atoms with Crippen molar-refractivity contribution in [2.24, 2.45) is 0 Å². The maximum Gasteiger partial charge on any atom is 0.470 e. The number of benzene rings is 1. The molecule has 0 unspecified atom stereocenters. The quantitative estimate of drug-likeness (QED) is 0.854. The summed E-state index contributed by atoms with van der Waals surface area (Å²) in [5, 5.41) is 9.38. The molecule has 7 nitrogen and oxygen atoms in total. The molecule has 0 spiro atoms. The van der Waals surface area contributed by atoms with Gasteiger partial charge in [0.15, 0.2) is 0 Å². The lowest BCUT2D eigenvalue weighted by atomic mass is 9.97. The number of anilines is 1. The van der Waals surface area contributed by atoms with E-state index in [9.17, 15) is 18.0 Å². The van der Waals surface area contributed by atoms with Crippen LogP contribution in [0.2, 0.25) is 0 Å². The Hall–Kier alpha value is -2.62. The Morgan fingerprint density at radius 3 is 2.70 bits per heavy atom. The fraction of sp³-hybridized carbons (Fsp3) is 0.471. The Bertz CT molecular complexity index is 786. The highest BCUT2D eigenvalue weighted by Crippen LogP contribution is 2.32. The van der Waals surface area contributed by atoms with Crippen molar-refractivity contribution in [3.05, 3.63) is 36.0 Å². The first-order chi connectivity index (χ1) is 12.8. The SMILES string of the molecule is COc1cccc(NC(=O)CN2CCC(c3nnc(C(F)(F)F)o3)CC2)c1. The minimum absolute atomic E-state index is 0.00260. The smallest absolute Gasteiger partial charge is 0.470 e. The van der Waals surface area contributed by atoms with E-state index in [2.05, 4.69) is 15.5 Å². The monoisotopic (exact) mass is 384 g/mol. The number of methoxy groups -OCH3 is 1. The van der Waals surface area contributed by atoms with Crippen LogP contribution in [0.15, 0.2) is 28.7 Å². The second-order valence-electron chi connectivity index (χ2n) is 6.27. The molecule has 1 aliphatic rings. The van der Waals surface area contributed by atoms with Gasteiger partial charge in [0, 0.05) is 17.7 Å². The largest absolute Gasteiger partial charge is 0.497 e. The van der Waals surface area contributed by atoms with Gasteiger partial charge in [-0.1, -0.05) is 6.07 Å². The first-order valence-corrected chi connectivity index (χ1v) is 8.42. The molecule has 1 aromatic heterocycles. The van der Waals surface area contributed by atoms with Gasteiger partial charge in [-0.25, -0.2) is 0 Å². The Kier molecular flexibility index (Phi) is 5.64. The number of aromatic nitrogens is 2. The molecule has 3 rings (SSSR count). The van der Waals surface area contributed by atoms with E-state index in [0.717, 1.165) is 0 Å². The molecule has 1 saturated heterocycles. The van der Waals surface area contributed by atoms with E-state index in [0.29, 0.717) is 37.4 Å². The first-order valence-electron chi connectivity index (χ1n) is 8.42. The van der Waals surface area contributed by atoms with Gasteiger partial charge in [-0.05, 0) is 38.1 Å². The van der Waals surface area contributed by atoms with Crippen LogP contribution in [0.3, 0.4) is 0 Å². The molecule has 2 aromatic rings. The van der Waals surface area contributed by atoms with Crippen LogP contribution >= 0.6 is 0 Å². The van der Waals surface area contributed by atoms with Gasteiger partial charge in [0.2, 0.25) is 11.8 Å². The summed E-state index contributed by atoms with van der Waals surface area (Å²) in [4.78, 5) is 14.1. The maximum atomic E-state index is 12.5. The Balaban J connectivity index is 1.49. The van der Waals surface area contributed by atoms with Crippen LogP contribution in [-0.4, -0.2) is 47.7 Å². The zero-order chi connectivity index (χ0) is 19.4. The number of carbonyl (C=O) groups excluding carboxylic acids is 1. The van der Waals surface area contributed by atoms with Crippen LogP contribution in [0.5, 0.6) is 5.75 Å². The average Bonchev–Trinajstić information content (AvgIpc) is 3.13. The van der Waals surface area contributed by atoms with E-state index in [1.54, 1.807) is 31.4 Å². The number of nitrogens with zero attached hydrogens (tertiary/aromatic N) is 3. The average molecular weight is 384 g/mol. The predicted octanol–water partition coefficient (Wildman–Crippen LogP) is 2.92. The summed E-state index contributed by atoms with van der Waals surface area (Å²) in [5.74, 6) is -1.07. The van der Waals surface area contributed by atoms with Gasteiger partial charge in [-0.15, -0.1) is 10.2 Å². The van der Waals surface area contributed by atoms with Gasteiger partial charge in [-0.3, -0.25) is 9.69 Å². The third-order valence-electron chi connectivity index (χ3n) is 4.34. The summed E-state index contributed by atoms with van der Waals surface area (Å²) >= 11 is 0. The number of piperidine rings is 1. The molecule has 27 heavy (non-hydrogen) atoms. The zero-order valence-corrected chi connectivity index (χ0v) is 14.6. The number of carbonyl (C=O) groups is 1. The lowest BCUT2D eigenvalue weighted by Gasteiger charge is -2.29. The summed E-state index contributed by atoms with van der Waals surface area (Å²) in [6.07, 6.45) is -3.54. The molecule has 10 heteroatoms. The number of likely N-dealkylation sites (tertiary alicyclic amines) is 1. The van der Waals surface area contributed by atoms with E-state index < -0.39 is 12.1 Å². The molecular weight excluding hydrogens is 365 g/mol. The molecule has 1 aliphatic heterocycles. The highest BCUT2D eigenvalue weighted by Gasteiger charge is 2.39. The van der Waals surface area contributed by atoms with Crippen LogP contribution in [0.1, 0.15) is 30.5 Å². The van der Waals surface area contributed by atoms with Gasteiger partial charge in [0.25, 0.3) is 0 Å². The standard InChI is InChI=1S/C17H19F3N4O3/c1-26-13-4-2-3-12(9-13)21-14(25)10-24-7-5-11(6-8-24)15-22-23-16(27-15)17(18,19)20/h2-4,9,11H,5-8,10H2,1H3,(H,21,25). The van der Waals surface area contributed by atoms with Crippen molar-refractivity contribution in [1.29, 1.82) is 0 Å². The van der Waals surface area contributed by atoms with Crippen molar-refractivity contribution >= 4 is 11.6 Å². The fourth-order valence-corrected chi connectivity index (χ4v) is 2.96. The normalized spacial score (nSPS) is 16.3. The van der Waals surface area contributed by atoms with Crippen molar-refractivity contribution in [3.63, 3.8) is 0 Å². The van der Waals surface area contributed by atoms with Gasteiger partial charge < -0.3 is 14.5 Å². The van der Waals surface area contributed by atoms with Crippen molar-refractivity contribution in [2.45, 2.75) is 24.9 Å². The Labute approximate surface area is 153 Å². The van der Waals surface area contributed by atoms with E-state index in [1.807, 2.05) is 4.90 Å². The zero-order valence-electron chi connectivity index (χ0n) is 14.6. The third kappa shape index (κ3) is 4.97. The van der Waals surface area contributed by atoms with Crippen LogP contribution < -0.4 is 10.1 Å². The molecule has 0 radical (unpaired) electrons. The Morgan fingerprint density at radius 1 is 1.33 bits per heavy atom. The van der Waals surface area contributed by atoms with Crippen molar-refractivity contribution in [2.75, 3.05) is 32.1 Å². The van der Waals surface area contributed by atoms with Gasteiger partial charge in [0.05, 0.1) is 13.7 Å². The number of nitrogens with one attached hydrogen (secondary N) is 1. The van der Waals surface area contributed by atoms with E-state index in [4.69, 9.17) is 9.15 Å². The van der Waals surface area contributed by atoms with Crippen LogP contribution in [0, 0.1) is 0 Å². The van der Waals surface area contributed by atoms with Crippen LogP contribution in [0.25, 0.3) is 0 Å². The summed E-state index contributed by atoms with van der Waals surface area (Å²) < 4.78 is 47.5. The van der Waals surface area contributed by atoms with E-state index in [1.165, 1.54) is 0 Å². The van der Waals surface area contributed by atoms with Crippen LogP contribution in [-0.2, 0) is 11.0 Å². The summed E-state index contributed by atoms with van der Waals surface area (Å²) in [6, 6.07) is 7.04. The molecule has 2 heterocycles. The third-order valence-corrected chi connectivity index (χ3v) is 4.34. The minimum atomic E-state index is -4.63. The predicted molar refractivity (Wildman–Crippen MR) is 89.3 cm³/mol. The lowest BCUT2D eigenvalue weighted by Crippen LogP contribution is -2.38. The highest BCUT2D eigenvalue weighted by atomic mass is 19.4. The minimum Gasteiger partial charge on any atom is -0.497 e. The van der Waals surface area contributed by atoms with Crippen LogP contribution in [0.4, 0.5) is 18.9 Å². The van der Waals surface area contributed by atoms with Gasteiger partial charge >= 0.3 is 12.1 Å². The number of alkyl halides is 3. The summed E-state index contributed by atoms with van der Waals surface area (Å²) in [7, 11) is 1.55. The number of ether oxygens (including phenoxy) is 1. The molecular formula is C17H19F3N4O3. The second kappa shape index (κ2) is 7.95. The number of hydrogen-bond acceptors (Lipinski definition) is 6. The molecule has 0 bridgehead atoms. The number of halogens is 3. The van der Waals surface area contributed by atoms with Gasteiger partial charge in [0.1, 0.15) is 5.75 Å². The molecule has 0 saturated carbocycles. The number of hydrogen-bond donors (Lipinski definition) is 1. The maximum absolute atomic E-state index is 12.5. The summed E-state index contributed by atoms with van der Waals surface area (Å²) in [5.41, 5.74) is 0.639. The number of rotatable bonds is 5.